The predicted octanol–water partition coefficient (Wildman–Crippen LogP) is 2.63. The Kier molecular flexibility index (Phi) is 5.72. The Morgan fingerprint density at radius 3 is 2.52 bits per heavy atom. The van der Waals surface area contributed by atoms with Crippen LogP contribution >= 0.6 is 0 Å². The largest absolute Gasteiger partial charge is 0.463 e. The number of aliphatic hydroxyl groups is 1. The van der Waals surface area contributed by atoms with Crippen LogP contribution in [0.1, 0.15) is 62.7 Å². The van der Waals surface area contributed by atoms with Gasteiger partial charge in [-0.3, -0.25) is 4.79 Å². The predicted molar refractivity (Wildman–Crippen MR) is 80.0 cm³/mol. The Labute approximate surface area is 125 Å². The number of aromatic nitrogens is 1. The van der Waals surface area contributed by atoms with Crippen LogP contribution in [0.3, 0.4) is 0 Å². The first-order valence-corrected chi connectivity index (χ1v) is 7.24. The molecule has 0 fully saturated rings. The van der Waals surface area contributed by atoms with Gasteiger partial charge in [0.2, 0.25) is 0 Å². The highest BCUT2D eigenvalue weighted by molar-refractivity contribution is 6.00. The highest BCUT2D eigenvalue weighted by Gasteiger charge is 2.28. The van der Waals surface area contributed by atoms with E-state index in [9.17, 15) is 14.7 Å². The van der Waals surface area contributed by atoms with Gasteiger partial charge >= 0.3 is 5.97 Å². The van der Waals surface area contributed by atoms with Crippen molar-refractivity contribution in [3.8, 4) is 0 Å². The van der Waals surface area contributed by atoms with E-state index in [4.69, 9.17) is 4.74 Å². The molecule has 21 heavy (non-hydrogen) atoms. The van der Waals surface area contributed by atoms with Gasteiger partial charge in [-0.1, -0.05) is 34.1 Å². The summed E-state index contributed by atoms with van der Waals surface area (Å²) in [5.74, 6) is -0.713. The second-order valence-corrected chi connectivity index (χ2v) is 6.27. The zero-order chi connectivity index (χ0) is 16.2. The average Bonchev–Trinajstić information content (AvgIpc) is 2.78. The highest BCUT2D eigenvalue weighted by atomic mass is 16.5. The Morgan fingerprint density at radius 1 is 1.38 bits per heavy atom. The molecule has 1 aromatic rings. The van der Waals surface area contributed by atoms with Crippen molar-refractivity contribution in [2.24, 2.45) is 12.5 Å². The lowest BCUT2D eigenvalue weighted by molar-refractivity contribution is -0.154. The highest BCUT2D eigenvalue weighted by Crippen LogP contribution is 2.24. The van der Waals surface area contributed by atoms with Crippen molar-refractivity contribution in [3.63, 3.8) is 0 Å². The molecule has 0 aliphatic carbocycles. The maximum absolute atomic E-state index is 12.2. The topological polar surface area (TPSA) is 68.5 Å². The van der Waals surface area contributed by atoms with Gasteiger partial charge in [-0.25, -0.2) is 4.79 Å². The van der Waals surface area contributed by atoms with Crippen LogP contribution in [0.2, 0.25) is 0 Å². The quantitative estimate of drug-likeness (QED) is 0.497. The van der Waals surface area contributed by atoms with Crippen molar-refractivity contribution >= 4 is 11.8 Å². The molecule has 0 radical (unpaired) electrons. The number of carbonyl (C=O) groups is 2. The molecule has 118 valence electrons. The summed E-state index contributed by atoms with van der Waals surface area (Å²) in [6, 6.07) is 1.55. The van der Waals surface area contributed by atoms with E-state index >= 15 is 0 Å². The lowest BCUT2D eigenvalue weighted by Crippen LogP contribution is -2.19. The standard InChI is InChI=1S/C16H25NO4/c1-6-7-8-21-15(20)13(18)12-9-11(10-17(12)5)14(19)16(2,3)4/h9-10,13,18H,6-8H2,1-5H3/t13-/m1/s1. The Hall–Kier alpha value is -1.62. The summed E-state index contributed by atoms with van der Waals surface area (Å²) in [5.41, 5.74) is 0.343. The summed E-state index contributed by atoms with van der Waals surface area (Å²) in [4.78, 5) is 24.0. The number of aryl methyl sites for hydroxylation is 1. The van der Waals surface area contributed by atoms with Crippen molar-refractivity contribution in [1.29, 1.82) is 0 Å². The number of hydrogen-bond donors (Lipinski definition) is 1. The summed E-state index contributed by atoms with van der Waals surface area (Å²) >= 11 is 0. The number of nitrogens with zero attached hydrogens (tertiary/aromatic N) is 1. The van der Waals surface area contributed by atoms with Crippen LogP contribution in [0.4, 0.5) is 0 Å². The maximum Gasteiger partial charge on any atom is 0.341 e. The number of hydrogen-bond acceptors (Lipinski definition) is 4. The molecule has 0 spiro atoms. The van der Waals surface area contributed by atoms with Crippen LogP contribution in [-0.2, 0) is 16.6 Å². The molecule has 0 bridgehead atoms. The van der Waals surface area contributed by atoms with Crippen LogP contribution < -0.4 is 0 Å². The van der Waals surface area contributed by atoms with E-state index < -0.39 is 17.5 Å². The molecule has 5 heteroatoms. The lowest BCUT2D eigenvalue weighted by Gasteiger charge is -2.14. The van der Waals surface area contributed by atoms with E-state index in [0.29, 0.717) is 17.9 Å². The van der Waals surface area contributed by atoms with E-state index in [1.807, 2.05) is 27.7 Å². The molecular weight excluding hydrogens is 270 g/mol. The Morgan fingerprint density at radius 2 is 2.00 bits per heavy atom. The molecule has 0 aliphatic heterocycles. The lowest BCUT2D eigenvalue weighted by atomic mass is 9.87. The number of rotatable bonds is 6. The molecular formula is C16H25NO4. The summed E-state index contributed by atoms with van der Waals surface area (Å²) in [6.45, 7) is 7.78. The van der Waals surface area contributed by atoms with Crippen molar-refractivity contribution < 1.29 is 19.4 Å². The minimum atomic E-state index is -1.37. The van der Waals surface area contributed by atoms with E-state index in [0.717, 1.165) is 12.8 Å². The number of esters is 1. The monoisotopic (exact) mass is 295 g/mol. The Bertz CT molecular complexity index is 511. The Balaban J connectivity index is 2.87. The van der Waals surface area contributed by atoms with Gasteiger partial charge in [-0.15, -0.1) is 0 Å². The molecule has 0 saturated carbocycles. The minimum Gasteiger partial charge on any atom is -0.463 e. The fraction of sp³-hybridized carbons (Fsp3) is 0.625. The normalized spacial score (nSPS) is 13.0. The SMILES string of the molecule is CCCCOC(=O)[C@H](O)c1cc(C(=O)C(C)(C)C)cn1C. The fourth-order valence-electron chi connectivity index (χ4n) is 1.93. The van der Waals surface area contributed by atoms with Crippen LogP contribution in [-0.4, -0.2) is 28.0 Å². The van der Waals surface area contributed by atoms with Crippen LogP contribution in [0, 0.1) is 5.41 Å². The zero-order valence-corrected chi connectivity index (χ0v) is 13.5. The van der Waals surface area contributed by atoms with E-state index in [-0.39, 0.29) is 5.78 Å². The molecule has 0 amide bonds. The molecule has 1 heterocycles. The van der Waals surface area contributed by atoms with Crippen molar-refractivity contribution in [1.82, 2.24) is 4.57 Å². The molecule has 0 aliphatic rings. The molecule has 0 saturated heterocycles. The fourth-order valence-corrected chi connectivity index (χ4v) is 1.93. The second-order valence-electron chi connectivity index (χ2n) is 6.27. The molecule has 0 aromatic carbocycles. The molecule has 1 atom stereocenters. The number of Topliss-reactive ketones (excluding diaryl/α,β-unsaturated/α-hetero) is 1. The van der Waals surface area contributed by atoms with Gasteiger partial charge in [0.25, 0.3) is 0 Å². The maximum atomic E-state index is 12.2. The number of aliphatic hydroxyl groups excluding tert-OH is 1. The first kappa shape index (κ1) is 17.4. The first-order valence-electron chi connectivity index (χ1n) is 7.24. The third kappa shape index (κ3) is 4.43. The smallest absolute Gasteiger partial charge is 0.341 e. The van der Waals surface area contributed by atoms with E-state index in [2.05, 4.69) is 0 Å². The van der Waals surface area contributed by atoms with Crippen molar-refractivity contribution in [2.75, 3.05) is 6.61 Å². The van der Waals surface area contributed by atoms with Gasteiger partial charge in [0.05, 0.1) is 12.3 Å². The van der Waals surface area contributed by atoms with Gasteiger partial charge in [-0.05, 0) is 12.5 Å². The molecule has 1 aromatic heterocycles. The number of unbranched alkanes of at least 4 members (excludes halogenated alkanes) is 1. The number of carbonyl (C=O) groups excluding carboxylic acids is 2. The van der Waals surface area contributed by atoms with Crippen LogP contribution in [0.15, 0.2) is 12.3 Å². The molecule has 1 N–H and O–H groups in total. The van der Waals surface area contributed by atoms with E-state index in [1.54, 1.807) is 23.9 Å². The van der Waals surface area contributed by atoms with Crippen LogP contribution in [0.5, 0.6) is 0 Å². The molecule has 0 unspecified atom stereocenters. The van der Waals surface area contributed by atoms with Gasteiger partial charge < -0.3 is 14.4 Å². The van der Waals surface area contributed by atoms with Crippen molar-refractivity contribution in [3.05, 3.63) is 23.5 Å². The second kappa shape index (κ2) is 6.89. The molecule has 1 rings (SSSR count). The number of ether oxygens (including phenoxy) is 1. The minimum absolute atomic E-state index is 0.0316. The first-order chi connectivity index (χ1) is 9.68. The zero-order valence-electron chi connectivity index (χ0n) is 13.5. The van der Waals surface area contributed by atoms with Crippen LogP contribution in [0.25, 0.3) is 0 Å². The summed E-state index contributed by atoms with van der Waals surface area (Å²) < 4.78 is 6.59. The van der Waals surface area contributed by atoms with Gasteiger partial charge in [-0.2, -0.15) is 0 Å². The summed E-state index contributed by atoms with van der Waals surface area (Å²) in [7, 11) is 1.69. The number of ketones is 1. The van der Waals surface area contributed by atoms with Crippen molar-refractivity contribution in [2.45, 2.75) is 46.6 Å². The van der Waals surface area contributed by atoms with Gasteiger partial charge in [0.15, 0.2) is 11.9 Å². The third-order valence-electron chi connectivity index (χ3n) is 3.23. The average molecular weight is 295 g/mol. The summed E-state index contributed by atoms with van der Waals surface area (Å²) in [5, 5.41) is 10.1. The van der Waals surface area contributed by atoms with Gasteiger partial charge in [0.1, 0.15) is 0 Å². The molecule has 5 nitrogen and oxygen atoms in total. The third-order valence-corrected chi connectivity index (χ3v) is 3.23. The van der Waals surface area contributed by atoms with Gasteiger partial charge in [0, 0.05) is 24.2 Å². The van der Waals surface area contributed by atoms with E-state index in [1.165, 1.54) is 0 Å². The summed E-state index contributed by atoms with van der Waals surface area (Å²) in [6.07, 6.45) is 1.94.